The first-order chi connectivity index (χ1) is 7.45. The fourth-order valence-corrected chi connectivity index (χ4v) is 4.15. The first kappa shape index (κ1) is 15.2. The fourth-order valence-electron chi connectivity index (χ4n) is 0.985. The summed E-state index contributed by atoms with van der Waals surface area (Å²) in [6, 6.07) is -1.42. The topological polar surface area (TPSA) is 97.5 Å². The second kappa shape index (κ2) is 7.48. The van der Waals surface area contributed by atoms with Gasteiger partial charge in [-0.2, -0.15) is 0 Å². The van der Waals surface area contributed by atoms with Crippen molar-refractivity contribution >= 4 is 27.6 Å². The summed E-state index contributed by atoms with van der Waals surface area (Å²) in [5.41, 5.74) is 5.37. The van der Waals surface area contributed by atoms with E-state index < -0.39 is 38.2 Å². The minimum absolute atomic E-state index is 0.0640. The van der Waals surface area contributed by atoms with Gasteiger partial charge in [-0.25, -0.2) is 0 Å². The van der Waals surface area contributed by atoms with Crippen molar-refractivity contribution in [1.29, 1.82) is 0 Å². The third kappa shape index (κ3) is 4.38. The van der Waals surface area contributed by atoms with Gasteiger partial charge in [-0.3, -0.25) is 13.2 Å². The van der Waals surface area contributed by atoms with Gasteiger partial charge in [-0.15, -0.1) is 13.2 Å². The number of carboxylic acid groups (broad SMARTS) is 1. The van der Waals surface area contributed by atoms with E-state index in [-0.39, 0.29) is 11.5 Å². The van der Waals surface area contributed by atoms with E-state index in [1.54, 1.807) is 0 Å². The molecule has 0 aromatic rings. The molecular weight excluding hydrogens is 250 g/mol. The Morgan fingerprint density at radius 1 is 1.25 bits per heavy atom. The summed E-state index contributed by atoms with van der Waals surface area (Å²) in [4.78, 5) is 10.7. The maximum atomic E-state index is 11.7. The second-order valence-electron chi connectivity index (χ2n) is 2.90. The molecule has 0 heterocycles. The summed E-state index contributed by atoms with van der Waals surface area (Å²) < 4.78 is 22.2. The number of hydrogen-bond acceptors (Lipinski definition) is 4. The zero-order valence-corrected chi connectivity index (χ0v) is 10.3. The highest BCUT2D eigenvalue weighted by atomic mass is 32.2. The molecule has 5 nitrogen and oxygen atoms in total. The molecule has 0 aromatic heterocycles. The number of nitrogens with two attached hydrogens (primary N) is 1. The normalized spacial score (nSPS) is 18.1. The van der Waals surface area contributed by atoms with Crippen LogP contribution in [0.15, 0.2) is 25.3 Å². The highest BCUT2D eigenvalue weighted by Gasteiger charge is 2.33. The molecule has 0 amide bonds. The molecule has 0 radical (unpaired) electrons. The molecule has 0 saturated heterocycles. The van der Waals surface area contributed by atoms with Crippen molar-refractivity contribution in [2.75, 3.05) is 11.5 Å². The smallest absolute Gasteiger partial charge is 0.322 e. The van der Waals surface area contributed by atoms with Gasteiger partial charge in [-0.05, 0) is 0 Å². The van der Waals surface area contributed by atoms with Crippen LogP contribution in [0.3, 0.4) is 0 Å². The monoisotopic (exact) mass is 265 g/mol. The van der Waals surface area contributed by atoms with Gasteiger partial charge in [0, 0.05) is 33.1 Å². The molecule has 0 spiro atoms. The van der Waals surface area contributed by atoms with Gasteiger partial charge in [0.1, 0.15) is 10.6 Å². The molecule has 0 saturated carbocycles. The molecular formula is C9H15NO4S2. The van der Waals surface area contributed by atoms with Crippen molar-refractivity contribution in [3.05, 3.63) is 25.3 Å². The quantitative estimate of drug-likeness (QED) is 0.582. The predicted octanol–water partition coefficient (Wildman–Crippen LogP) is -0.406. The molecule has 3 unspecified atom stereocenters. The van der Waals surface area contributed by atoms with E-state index in [1.165, 1.54) is 12.2 Å². The molecule has 0 fully saturated rings. The third-order valence-electron chi connectivity index (χ3n) is 1.66. The number of aliphatic carboxylic acids is 1. The summed E-state index contributed by atoms with van der Waals surface area (Å²) in [5.74, 6) is -1.19. The molecule has 16 heavy (non-hydrogen) atoms. The van der Waals surface area contributed by atoms with Crippen molar-refractivity contribution in [3.8, 4) is 0 Å². The van der Waals surface area contributed by atoms with E-state index in [0.29, 0.717) is 0 Å². The van der Waals surface area contributed by atoms with E-state index in [2.05, 4.69) is 13.2 Å². The van der Waals surface area contributed by atoms with Crippen LogP contribution in [0.1, 0.15) is 0 Å². The van der Waals surface area contributed by atoms with Gasteiger partial charge in [0.15, 0.2) is 0 Å². The predicted molar refractivity (Wildman–Crippen MR) is 65.8 cm³/mol. The summed E-state index contributed by atoms with van der Waals surface area (Å²) in [6.07, 6.45) is 2.76. The Balaban J connectivity index is 4.95. The Bertz CT molecular complexity index is 307. The van der Waals surface area contributed by atoms with Crippen molar-refractivity contribution in [2.24, 2.45) is 5.73 Å². The van der Waals surface area contributed by atoms with E-state index in [0.717, 1.165) is 0 Å². The van der Waals surface area contributed by atoms with Crippen LogP contribution in [0.4, 0.5) is 0 Å². The molecule has 0 aromatic carbocycles. The Morgan fingerprint density at radius 3 is 1.88 bits per heavy atom. The summed E-state index contributed by atoms with van der Waals surface area (Å²) in [7, 11) is -3.22. The van der Waals surface area contributed by atoms with Crippen LogP contribution in [0.2, 0.25) is 0 Å². The van der Waals surface area contributed by atoms with Crippen LogP contribution >= 0.6 is 0 Å². The van der Waals surface area contributed by atoms with Crippen molar-refractivity contribution in [1.82, 2.24) is 0 Å². The molecule has 0 aliphatic heterocycles. The average Bonchev–Trinajstić information content (AvgIpc) is 2.18. The molecule has 0 aliphatic carbocycles. The number of carboxylic acids is 1. The maximum Gasteiger partial charge on any atom is 0.322 e. The van der Waals surface area contributed by atoms with E-state index in [4.69, 9.17) is 10.8 Å². The van der Waals surface area contributed by atoms with Crippen molar-refractivity contribution < 1.29 is 18.3 Å². The first-order valence-electron chi connectivity index (χ1n) is 4.40. The van der Waals surface area contributed by atoms with Crippen LogP contribution in [0, 0.1) is 0 Å². The Hall–Kier alpha value is -0.790. The van der Waals surface area contributed by atoms with Gasteiger partial charge in [0.25, 0.3) is 0 Å². The lowest BCUT2D eigenvalue weighted by molar-refractivity contribution is -0.138. The molecule has 0 bridgehead atoms. The summed E-state index contributed by atoms with van der Waals surface area (Å²) in [6.45, 7) is 6.78. The van der Waals surface area contributed by atoms with Gasteiger partial charge in [0.2, 0.25) is 0 Å². The highest BCUT2D eigenvalue weighted by molar-refractivity contribution is 8.03. The van der Waals surface area contributed by atoms with Gasteiger partial charge in [-0.1, -0.05) is 12.2 Å². The number of rotatable bonds is 8. The van der Waals surface area contributed by atoms with E-state index in [1.807, 2.05) is 0 Å². The van der Waals surface area contributed by atoms with Gasteiger partial charge >= 0.3 is 5.97 Å². The molecule has 7 heteroatoms. The Morgan fingerprint density at radius 2 is 1.62 bits per heavy atom. The molecule has 0 rings (SSSR count). The van der Waals surface area contributed by atoms with Crippen LogP contribution in [-0.2, 0) is 26.4 Å². The van der Waals surface area contributed by atoms with Crippen LogP contribution in [-0.4, -0.2) is 41.6 Å². The first-order valence-corrected chi connectivity index (χ1v) is 7.16. The standard InChI is InChI=1S/C9H15NO4S2/c1-3-5-15(13)9(7(10)8(11)12)16(14)6-4-2/h3-4,7,9H,1-2,5-6,10H2,(H,11,12). The number of hydrogen-bond donors (Lipinski definition) is 2. The second-order valence-corrected chi connectivity index (χ2v) is 6.41. The van der Waals surface area contributed by atoms with E-state index in [9.17, 15) is 13.2 Å². The van der Waals surface area contributed by atoms with Crippen LogP contribution in [0.25, 0.3) is 0 Å². The molecule has 3 N–H and O–H groups in total. The SMILES string of the molecule is C=CCS(=O)C(C(N)C(=O)O)S(=O)CC=C. The lowest BCUT2D eigenvalue weighted by Crippen LogP contribution is -2.47. The minimum atomic E-state index is -1.61. The maximum absolute atomic E-state index is 11.7. The van der Waals surface area contributed by atoms with Crippen LogP contribution in [0.5, 0.6) is 0 Å². The Kier molecular flexibility index (Phi) is 7.11. The highest BCUT2D eigenvalue weighted by Crippen LogP contribution is 2.09. The van der Waals surface area contributed by atoms with Crippen molar-refractivity contribution in [2.45, 2.75) is 10.6 Å². The largest absolute Gasteiger partial charge is 0.480 e. The lowest BCUT2D eigenvalue weighted by Gasteiger charge is -2.18. The number of carbonyl (C=O) groups is 1. The third-order valence-corrected chi connectivity index (χ3v) is 5.70. The van der Waals surface area contributed by atoms with Crippen LogP contribution < -0.4 is 5.73 Å². The zero-order valence-electron chi connectivity index (χ0n) is 8.70. The zero-order chi connectivity index (χ0) is 12.7. The van der Waals surface area contributed by atoms with Crippen molar-refractivity contribution in [3.63, 3.8) is 0 Å². The fraction of sp³-hybridized carbons (Fsp3) is 0.444. The van der Waals surface area contributed by atoms with Gasteiger partial charge < -0.3 is 10.8 Å². The Labute approximate surface area is 99.3 Å². The average molecular weight is 265 g/mol. The van der Waals surface area contributed by atoms with E-state index >= 15 is 0 Å². The van der Waals surface area contributed by atoms with Gasteiger partial charge in [0.05, 0.1) is 0 Å². The molecule has 3 atom stereocenters. The molecule has 92 valence electrons. The molecule has 0 aliphatic rings. The lowest BCUT2D eigenvalue weighted by atomic mass is 10.4. The summed E-state index contributed by atoms with van der Waals surface area (Å²) >= 11 is 0. The minimum Gasteiger partial charge on any atom is -0.480 e. The summed E-state index contributed by atoms with van der Waals surface area (Å²) in [5, 5.41) is 8.74.